The van der Waals surface area contributed by atoms with Crippen LogP contribution in [0.3, 0.4) is 0 Å². The number of benzene rings is 1. The molecule has 0 spiro atoms. The van der Waals surface area contributed by atoms with Crippen molar-refractivity contribution in [3.63, 3.8) is 0 Å². The summed E-state index contributed by atoms with van der Waals surface area (Å²) in [4.78, 5) is 11.8. The number of morpholine rings is 1. The van der Waals surface area contributed by atoms with E-state index in [-0.39, 0.29) is 0 Å². The Balaban J connectivity index is 1.48. The topological polar surface area (TPSA) is 74.9 Å². The molecule has 1 saturated heterocycles. The average Bonchev–Trinajstić information content (AvgIpc) is 3.22. The fourth-order valence-electron chi connectivity index (χ4n) is 3.26. The fraction of sp³-hybridized carbons (Fsp3) is 0.545. The van der Waals surface area contributed by atoms with Crippen LogP contribution in [0.1, 0.15) is 25.1 Å². The van der Waals surface area contributed by atoms with E-state index in [9.17, 15) is 0 Å². The van der Waals surface area contributed by atoms with E-state index >= 15 is 0 Å². The van der Waals surface area contributed by atoms with E-state index in [1.807, 2.05) is 12.1 Å². The van der Waals surface area contributed by atoms with E-state index in [4.69, 9.17) is 14.1 Å². The summed E-state index contributed by atoms with van der Waals surface area (Å²) in [6, 6.07) is 8.61. The molecule has 1 unspecified atom stereocenters. The molecule has 2 aromatic rings. The Bertz CT molecular complexity index is 766. The number of oxazole rings is 1. The van der Waals surface area contributed by atoms with E-state index in [0.29, 0.717) is 11.9 Å². The van der Waals surface area contributed by atoms with Crippen LogP contribution >= 0.6 is 0 Å². The van der Waals surface area contributed by atoms with Gasteiger partial charge in [-0.3, -0.25) is 9.89 Å². The fourth-order valence-corrected chi connectivity index (χ4v) is 3.26. The van der Waals surface area contributed by atoms with E-state index in [1.54, 1.807) is 6.26 Å². The summed E-state index contributed by atoms with van der Waals surface area (Å²) in [5.41, 5.74) is 3.16. The number of guanidine groups is 1. The number of hydrogen-bond donors (Lipinski definition) is 2. The van der Waals surface area contributed by atoms with Gasteiger partial charge in [-0.1, -0.05) is 17.7 Å². The van der Waals surface area contributed by atoms with Gasteiger partial charge < -0.3 is 19.8 Å². The summed E-state index contributed by atoms with van der Waals surface area (Å²) in [5.74, 6) is 1.51. The third kappa shape index (κ3) is 6.58. The summed E-state index contributed by atoms with van der Waals surface area (Å²) in [7, 11) is 0. The molecule has 3 rings (SSSR count). The number of aliphatic imine (C=N–C) groups is 1. The Morgan fingerprint density at radius 3 is 2.69 bits per heavy atom. The first-order chi connectivity index (χ1) is 14.2. The molecule has 1 aromatic carbocycles. The van der Waals surface area contributed by atoms with Gasteiger partial charge in [0.05, 0.1) is 25.5 Å². The van der Waals surface area contributed by atoms with Crippen molar-refractivity contribution in [1.29, 1.82) is 0 Å². The molecule has 158 valence electrons. The molecule has 0 saturated carbocycles. The lowest BCUT2D eigenvalue weighted by molar-refractivity contribution is 0.0220. The third-order valence-corrected chi connectivity index (χ3v) is 5.05. The number of ether oxygens (including phenoxy) is 1. The molecule has 1 atom stereocenters. The highest BCUT2D eigenvalue weighted by Gasteiger charge is 2.16. The molecule has 0 aliphatic carbocycles. The molecular formula is C22H33N5O2. The van der Waals surface area contributed by atoms with Crippen molar-refractivity contribution in [3.05, 3.63) is 41.8 Å². The van der Waals surface area contributed by atoms with Gasteiger partial charge in [0.1, 0.15) is 6.26 Å². The van der Waals surface area contributed by atoms with Crippen molar-refractivity contribution in [2.45, 2.75) is 33.2 Å². The number of nitrogens with zero attached hydrogens (tertiary/aromatic N) is 3. The summed E-state index contributed by atoms with van der Waals surface area (Å²) in [5, 5.41) is 6.71. The predicted octanol–water partition coefficient (Wildman–Crippen LogP) is 2.47. The number of aromatic nitrogens is 1. The van der Waals surface area contributed by atoms with Crippen molar-refractivity contribution in [3.8, 4) is 11.5 Å². The maximum Gasteiger partial charge on any atom is 0.226 e. The Morgan fingerprint density at radius 1 is 1.21 bits per heavy atom. The second-order valence-electron chi connectivity index (χ2n) is 7.40. The highest BCUT2D eigenvalue weighted by Crippen LogP contribution is 2.19. The first-order valence-electron chi connectivity index (χ1n) is 10.5. The van der Waals surface area contributed by atoms with Crippen molar-refractivity contribution in [2.24, 2.45) is 4.99 Å². The van der Waals surface area contributed by atoms with Gasteiger partial charge in [0, 0.05) is 44.2 Å². The summed E-state index contributed by atoms with van der Waals surface area (Å²) in [6.07, 6.45) is 2.51. The van der Waals surface area contributed by atoms with Crippen LogP contribution in [0.25, 0.3) is 11.5 Å². The van der Waals surface area contributed by atoms with E-state index < -0.39 is 0 Å². The minimum atomic E-state index is 0.405. The SMILES string of the molecule is CCNC(=NCC(C)N1CCOCC1)NCCc1coc(-c2ccc(C)cc2)n1. The zero-order valence-corrected chi connectivity index (χ0v) is 17.8. The molecule has 2 N–H and O–H groups in total. The molecule has 7 nitrogen and oxygen atoms in total. The largest absolute Gasteiger partial charge is 0.444 e. The molecule has 7 heteroatoms. The average molecular weight is 400 g/mol. The summed E-state index contributed by atoms with van der Waals surface area (Å²) in [6.45, 7) is 12.3. The van der Waals surface area contributed by atoms with Gasteiger partial charge in [-0.05, 0) is 32.9 Å². The second-order valence-corrected chi connectivity index (χ2v) is 7.40. The Hall–Kier alpha value is -2.38. The number of nitrogens with one attached hydrogen (secondary N) is 2. The number of hydrogen-bond acceptors (Lipinski definition) is 5. The molecule has 1 aromatic heterocycles. The third-order valence-electron chi connectivity index (χ3n) is 5.05. The maximum atomic E-state index is 5.64. The smallest absolute Gasteiger partial charge is 0.226 e. The molecule has 2 heterocycles. The molecule has 1 aliphatic rings. The van der Waals surface area contributed by atoms with E-state index in [1.165, 1.54) is 5.56 Å². The Kier molecular flexibility index (Phi) is 8.07. The zero-order valence-electron chi connectivity index (χ0n) is 17.8. The lowest BCUT2D eigenvalue weighted by Gasteiger charge is -2.31. The van der Waals surface area contributed by atoms with Crippen LogP contribution in [0.5, 0.6) is 0 Å². The lowest BCUT2D eigenvalue weighted by atomic mass is 10.1. The van der Waals surface area contributed by atoms with E-state index in [0.717, 1.165) is 69.6 Å². The highest BCUT2D eigenvalue weighted by atomic mass is 16.5. The van der Waals surface area contributed by atoms with Crippen LogP contribution in [0.15, 0.2) is 39.9 Å². The molecule has 0 bridgehead atoms. The lowest BCUT2D eigenvalue weighted by Crippen LogP contribution is -2.44. The quantitative estimate of drug-likeness (QED) is 0.525. The number of aryl methyl sites for hydroxylation is 1. The first kappa shape index (κ1) is 21.3. The molecule has 29 heavy (non-hydrogen) atoms. The van der Waals surface area contributed by atoms with E-state index in [2.05, 4.69) is 53.4 Å². The summed E-state index contributed by atoms with van der Waals surface area (Å²) < 4.78 is 11.1. The second kappa shape index (κ2) is 11.0. The summed E-state index contributed by atoms with van der Waals surface area (Å²) >= 11 is 0. The van der Waals surface area contributed by atoms with Gasteiger partial charge in [0.15, 0.2) is 5.96 Å². The standard InChI is InChI=1S/C22H33N5O2/c1-4-23-22(25-15-18(3)27-11-13-28-14-12-27)24-10-9-20-16-29-21(26-20)19-7-5-17(2)6-8-19/h5-8,16,18H,4,9-15H2,1-3H3,(H2,23,24,25). The van der Waals surface area contributed by atoms with Gasteiger partial charge in [-0.15, -0.1) is 0 Å². The van der Waals surface area contributed by atoms with Gasteiger partial charge in [-0.2, -0.15) is 0 Å². The van der Waals surface area contributed by atoms with Crippen LogP contribution < -0.4 is 10.6 Å². The first-order valence-corrected chi connectivity index (χ1v) is 10.5. The Labute approximate surface area is 173 Å². The van der Waals surface area contributed by atoms with Gasteiger partial charge >= 0.3 is 0 Å². The maximum absolute atomic E-state index is 5.64. The van der Waals surface area contributed by atoms with Crippen LogP contribution in [0.4, 0.5) is 0 Å². The molecule has 0 radical (unpaired) electrons. The minimum Gasteiger partial charge on any atom is -0.444 e. The van der Waals surface area contributed by atoms with Crippen molar-refractivity contribution in [1.82, 2.24) is 20.5 Å². The van der Waals surface area contributed by atoms with Gasteiger partial charge in [0.25, 0.3) is 0 Å². The van der Waals surface area contributed by atoms with Crippen LogP contribution in [-0.2, 0) is 11.2 Å². The van der Waals surface area contributed by atoms with Crippen LogP contribution in [-0.4, -0.2) is 67.8 Å². The molecule has 0 amide bonds. The molecule has 1 fully saturated rings. The van der Waals surface area contributed by atoms with Crippen molar-refractivity contribution >= 4 is 5.96 Å². The minimum absolute atomic E-state index is 0.405. The van der Waals surface area contributed by atoms with Crippen molar-refractivity contribution < 1.29 is 9.15 Å². The highest BCUT2D eigenvalue weighted by molar-refractivity contribution is 5.79. The van der Waals surface area contributed by atoms with Crippen molar-refractivity contribution in [2.75, 3.05) is 45.9 Å². The molecule has 1 aliphatic heterocycles. The monoisotopic (exact) mass is 399 g/mol. The van der Waals surface area contributed by atoms with Crippen LogP contribution in [0, 0.1) is 6.92 Å². The normalized spacial score (nSPS) is 16.6. The van der Waals surface area contributed by atoms with Gasteiger partial charge in [-0.25, -0.2) is 4.98 Å². The Morgan fingerprint density at radius 2 is 1.97 bits per heavy atom. The van der Waals surface area contributed by atoms with Gasteiger partial charge in [0.2, 0.25) is 5.89 Å². The zero-order chi connectivity index (χ0) is 20.5. The molecular weight excluding hydrogens is 366 g/mol. The predicted molar refractivity (Wildman–Crippen MR) is 116 cm³/mol. The number of rotatable bonds is 8. The van der Waals surface area contributed by atoms with Crippen LogP contribution in [0.2, 0.25) is 0 Å².